The van der Waals surface area contributed by atoms with Gasteiger partial charge in [0.1, 0.15) is 0 Å². The molecule has 4 N–H and O–H groups in total. The summed E-state index contributed by atoms with van der Waals surface area (Å²) in [6, 6.07) is 0. The van der Waals surface area contributed by atoms with Crippen molar-refractivity contribution in [3.63, 3.8) is 0 Å². The molecule has 0 rings (SSSR count). The van der Waals surface area contributed by atoms with Gasteiger partial charge in [0.2, 0.25) is 0 Å². The molecule has 0 atom stereocenters. The summed E-state index contributed by atoms with van der Waals surface area (Å²) in [5.41, 5.74) is 0. The van der Waals surface area contributed by atoms with Crippen molar-refractivity contribution in [2.45, 2.75) is 39.5 Å². The molecule has 0 bridgehead atoms. The third-order valence-electron chi connectivity index (χ3n) is 2.18. The number of rotatable bonds is 8. The van der Waals surface area contributed by atoms with Crippen LogP contribution in [-0.2, 0) is 4.31 Å². The SMILES string of the molecule is CCCCP(O)(O)(CCCC)OP(O)O. The van der Waals surface area contributed by atoms with Crippen LogP contribution in [0.15, 0.2) is 0 Å². The van der Waals surface area contributed by atoms with Crippen molar-refractivity contribution in [3.8, 4) is 0 Å². The van der Waals surface area contributed by atoms with Crippen molar-refractivity contribution in [2.24, 2.45) is 0 Å². The predicted molar refractivity (Wildman–Crippen MR) is 63.4 cm³/mol. The number of hydrogen-bond donors (Lipinski definition) is 4. The van der Waals surface area contributed by atoms with Gasteiger partial charge in [-0.1, -0.05) is 0 Å². The third kappa shape index (κ3) is 6.75. The van der Waals surface area contributed by atoms with E-state index in [1.807, 2.05) is 13.8 Å². The van der Waals surface area contributed by atoms with E-state index in [2.05, 4.69) is 4.31 Å². The summed E-state index contributed by atoms with van der Waals surface area (Å²) in [5.74, 6) is 0. The topological polar surface area (TPSA) is 90.2 Å². The second-order valence-corrected chi connectivity index (χ2v) is 8.44. The van der Waals surface area contributed by atoms with Gasteiger partial charge in [0.25, 0.3) is 0 Å². The Balaban J connectivity index is 4.48. The monoisotopic (exact) mass is 260 g/mol. The predicted octanol–water partition coefficient (Wildman–Crippen LogP) is 2.10. The van der Waals surface area contributed by atoms with Crippen molar-refractivity contribution >= 4 is 15.9 Å². The van der Waals surface area contributed by atoms with E-state index in [1.165, 1.54) is 0 Å². The molecule has 0 spiro atoms. The molecule has 0 aliphatic rings. The molecule has 15 heavy (non-hydrogen) atoms. The standard InChI is InChI=1S/C8H22O5P2/c1-3-5-7-15(11,12,8-6-4-2)13-14(9)10/h9-12H,3-8H2,1-2H3. The van der Waals surface area contributed by atoms with Gasteiger partial charge in [-0.3, -0.25) is 0 Å². The van der Waals surface area contributed by atoms with Crippen LogP contribution in [-0.4, -0.2) is 31.9 Å². The molecule has 7 heteroatoms. The molecule has 5 nitrogen and oxygen atoms in total. The van der Waals surface area contributed by atoms with Crippen LogP contribution in [0.5, 0.6) is 0 Å². The summed E-state index contributed by atoms with van der Waals surface area (Å²) in [4.78, 5) is 37.7. The Morgan fingerprint density at radius 3 is 1.67 bits per heavy atom. The molecule has 0 saturated carbocycles. The van der Waals surface area contributed by atoms with E-state index < -0.39 is 15.9 Å². The van der Waals surface area contributed by atoms with Crippen LogP contribution < -0.4 is 0 Å². The molecule has 94 valence electrons. The van der Waals surface area contributed by atoms with Crippen molar-refractivity contribution in [1.29, 1.82) is 0 Å². The second-order valence-electron chi connectivity index (χ2n) is 3.79. The molecule has 0 heterocycles. The van der Waals surface area contributed by atoms with Crippen molar-refractivity contribution in [1.82, 2.24) is 0 Å². The first kappa shape index (κ1) is 15.7. The Morgan fingerprint density at radius 1 is 1.00 bits per heavy atom. The van der Waals surface area contributed by atoms with Gasteiger partial charge in [0.05, 0.1) is 0 Å². The molecular weight excluding hydrogens is 238 g/mol. The van der Waals surface area contributed by atoms with Gasteiger partial charge in [-0.25, -0.2) is 0 Å². The van der Waals surface area contributed by atoms with Crippen LogP contribution in [0, 0.1) is 0 Å². The normalized spacial score (nSPS) is 15.3. The number of hydrogen-bond acceptors (Lipinski definition) is 5. The number of unbranched alkanes of at least 4 members (excludes halogenated alkanes) is 2. The summed E-state index contributed by atoms with van der Waals surface area (Å²) >= 11 is 0. The first-order chi connectivity index (χ1) is 6.82. The van der Waals surface area contributed by atoms with E-state index >= 15 is 0 Å². The van der Waals surface area contributed by atoms with Crippen LogP contribution in [0.1, 0.15) is 39.5 Å². The molecule has 0 aromatic rings. The van der Waals surface area contributed by atoms with Crippen LogP contribution >= 0.6 is 15.9 Å². The van der Waals surface area contributed by atoms with Gasteiger partial charge in [-0.05, 0) is 0 Å². The van der Waals surface area contributed by atoms with Crippen LogP contribution in [0.4, 0.5) is 0 Å². The molecule has 0 saturated heterocycles. The molecule has 0 aromatic heterocycles. The van der Waals surface area contributed by atoms with E-state index in [4.69, 9.17) is 9.79 Å². The fourth-order valence-electron chi connectivity index (χ4n) is 1.31. The Morgan fingerprint density at radius 2 is 1.40 bits per heavy atom. The fraction of sp³-hybridized carbons (Fsp3) is 1.00. The molecule has 0 aromatic carbocycles. The molecule has 0 aliphatic heterocycles. The van der Waals surface area contributed by atoms with Crippen molar-refractivity contribution in [3.05, 3.63) is 0 Å². The summed E-state index contributed by atoms with van der Waals surface area (Å²) in [7, 11) is -7.01. The van der Waals surface area contributed by atoms with Crippen LogP contribution in [0.3, 0.4) is 0 Å². The minimum atomic E-state index is -4.30. The van der Waals surface area contributed by atoms with Gasteiger partial charge < -0.3 is 0 Å². The summed E-state index contributed by atoms with van der Waals surface area (Å²) in [6.45, 7) is 3.86. The zero-order valence-corrected chi connectivity index (χ0v) is 11.1. The Hall–Kier alpha value is 0.660. The van der Waals surface area contributed by atoms with Gasteiger partial charge in [0.15, 0.2) is 0 Å². The van der Waals surface area contributed by atoms with Crippen LogP contribution in [0.25, 0.3) is 0 Å². The molecular formula is C8H22O5P2. The minimum absolute atomic E-state index is 0.113. The molecule has 0 radical (unpaired) electrons. The third-order valence-corrected chi connectivity index (χ3v) is 6.71. The Labute approximate surface area is 92.3 Å². The quantitative estimate of drug-likeness (QED) is 0.502. The van der Waals surface area contributed by atoms with Crippen molar-refractivity contribution in [2.75, 3.05) is 12.3 Å². The van der Waals surface area contributed by atoms with Crippen LogP contribution in [0.2, 0.25) is 0 Å². The first-order valence-corrected chi connectivity index (χ1v) is 8.81. The Kier molecular flexibility index (Phi) is 6.69. The van der Waals surface area contributed by atoms with E-state index in [0.717, 1.165) is 12.8 Å². The fourth-order valence-corrected chi connectivity index (χ4v) is 5.44. The zero-order valence-electron chi connectivity index (χ0n) is 9.33. The van der Waals surface area contributed by atoms with E-state index in [0.29, 0.717) is 12.8 Å². The maximum atomic E-state index is 10.1. The van der Waals surface area contributed by atoms with E-state index in [-0.39, 0.29) is 12.3 Å². The van der Waals surface area contributed by atoms with Crippen molar-refractivity contribution < 1.29 is 23.9 Å². The maximum absolute atomic E-state index is 10.1. The summed E-state index contributed by atoms with van der Waals surface area (Å²) in [5, 5.41) is 0. The summed E-state index contributed by atoms with van der Waals surface area (Å²) in [6.07, 6.45) is 3.06. The van der Waals surface area contributed by atoms with Gasteiger partial charge >= 0.3 is 91.6 Å². The van der Waals surface area contributed by atoms with Gasteiger partial charge in [0, 0.05) is 0 Å². The van der Waals surface area contributed by atoms with Gasteiger partial charge in [-0.15, -0.1) is 0 Å². The van der Waals surface area contributed by atoms with E-state index in [1.54, 1.807) is 0 Å². The molecule has 0 fully saturated rings. The summed E-state index contributed by atoms with van der Waals surface area (Å²) < 4.78 is 4.65. The Bertz CT molecular complexity index is 174. The van der Waals surface area contributed by atoms with Gasteiger partial charge in [-0.2, -0.15) is 0 Å². The molecule has 0 unspecified atom stereocenters. The average Bonchev–Trinajstić information content (AvgIpc) is 2.11. The molecule has 0 aliphatic carbocycles. The molecule has 0 amide bonds. The first-order valence-electron chi connectivity index (χ1n) is 5.21. The zero-order chi connectivity index (χ0) is 12.0. The second kappa shape index (κ2) is 6.41. The average molecular weight is 260 g/mol. The van der Waals surface area contributed by atoms with E-state index in [9.17, 15) is 9.79 Å².